The average Bonchev–Trinajstić information content (AvgIpc) is 3.30. The summed E-state index contributed by atoms with van der Waals surface area (Å²) >= 11 is 0. The van der Waals surface area contributed by atoms with E-state index >= 15 is 0 Å². The minimum Gasteiger partial charge on any atom is -0.363 e. The summed E-state index contributed by atoms with van der Waals surface area (Å²) in [5, 5.41) is 14.5. The lowest BCUT2D eigenvalue weighted by atomic mass is 10.1. The van der Waals surface area contributed by atoms with Crippen LogP contribution < -0.4 is 10.2 Å². The SMILES string of the molecule is O=C(NC1CC1)c1ccc(N2CCN(C3CCCC3)CC2)c([N+](=O)[O-])c1. The van der Waals surface area contributed by atoms with Gasteiger partial charge in [-0.25, -0.2) is 0 Å². The van der Waals surface area contributed by atoms with E-state index in [4.69, 9.17) is 0 Å². The predicted octanol–water partition coefficient (Wildman–Crippen LogP) is 2.55. The highest BCUT2D eigenvalue weighted by Crippen LogP contribution is 2.32. The van der Waals surface area contributed by atoms with E-state index in [9.17, 15) is 14.9 Å². The van der Waals surface area contributed by atoms with Crippen molar-refractivity contribution in [1.82, 2.24) is 10.2 Å². The van der Waals surface area contributed by atoms with Crippen LogP contribution in [0, 0.1) is 10.1 Å². The van der Waals surface area contributed by atoms with E-state index in [0.717, 1.165) is 39.0 Å². The molecule has 4 rings (SSSR count). The van der Waals surface area contributed by atoms with Gasteiger partial charge in [-0.1, -0.05) is 12.8 Å². The Morgan fingerprint density at radius 1 is 1.08 bits per heavy atom. The number of nitrogens with zero attached hydrogens (tertiary/aromatic N) is 3. The molecule has 1 aromatic rings. The Balaban J connectivity index is 1.47. The predicted molar refractivity (Wildman–Crippen MR) is 99.6 cm³/mol. The summed E-state index contributed by atoms with van der Waals surface area (Å²) in [4.78, 5) is 28.0. The molecule has 140 valence electrons. The molecule has 3 aliphatic rings. The fourth-order valence-corrected chi connectivity index (χ4v) is 4.17. The van der Waals surface area contributed by atoms with Gasteiger partial charge in [-0.15, -0.1) is 0 Å². The molecule has 2 saturated carbocycles. The molecule has 1 heterocycles. The third kappa shape index (κ3) is 3.67. The summed E-state index contributed by atoms with van der Waals surface area (Å²) in [6.07, 6.45) is 7.20. The lowest BCUT2D eigenvalue weighted by molar-refractivity contribution is -0.384. The molecule has 1 amide bonds. The lowest BCUT2D eigenvalue weighted by Gasteiger charge is -2.38. The number of nitro groups is 1. The van der Waals surface area contributed by atoms with Crippen LogP contribution in [0.15, 0.2) is 18.2 Å². The van der Waals surface area contributed by atoms with Crippen molar-refractivity contribution >= 4 is 17.3 Å². The van der Waals surface area contributed by atoms with E-state index in [1.165, 1.54) is 31.7 Å². The number of piperazine rings is 1. The smallest absolute Gasteiger partial charge is 0.293 e. The summed E-state index contributed by atoms with van der Waals surface area (Å²) in [5.74, 6) is -0.215. The van der Waals surface area contributed by atoms with Gasteiger partial charge >= 0.3 is 0 Å². The fourth-order valence-electron chi connectivity index (χ4n) is 4.17. The maximum Gasteiger partial charge on any atom is 0.293 e. The molecule has 7 heteroatoms. The first-order valence-electron chi connectivity index (χ1n) is 9.70. The molecule has 1 aromatic carbocycles. The second-order valence-electron chi connectivity index (χ2n) is 7.67. The number of hydrogen-bond acceptors (Lipinski definition) is 5. The fraction of sp³-hybridized carbons (Fsp3) is 0.632. The van der Waals surface area contributed by atoms with Crippen molar-refractivity contribution in [2.24, 2.45) is 0 Å². The number of rotatable bonds is 5. The Labute approximate surface area is 153 Å². The van der Waals surface area contributed by atoms with Crippen LogP contribution >= 0.6 is 0 Å². The van der Waals surface area contributed by atoms with Crippen LogP contribution in [0.1, 0.15) is 48.9 Å². The van der Waals surface area contributed by atoms with Crippen molar-refractivity contribution in [1.29, 1.82) is 0 Å². The minimum atomic E-state index is -0.368. The zero-order valence-corrected chi connectivity index (χ0v) is 15.0. The Morgan fingerprint density at radius 2 is 1.77 bits per heavy atom. The topological polar surface area (TPSA) is 78.7 Å². The van der Waals surface area contributed by atoms with Crippen LogP contribution in [0.25, 0.3) is 0 Å². The maximum absolute atomic E-state index is 12.2. The molecule has 0 bridgehead atoms. The average molecular weight is 358 g/mol. The number of nitro benzene ring substituents is 1. The summed E-state index contributed by atoms with van der Waals surface area (Å²) < 4.78 is 0. The molecular weight excluding hydrogens is 332 g/mol. The molecule has 1 saturated heterocycles. The molecule has 1 aliphatic heterocycles. The summed E-state index contributed by atoms with van der Waals surface area (Å²) in [6, 6.07) is 5.82. The van der Waals surface area contributed by atoms with Crippen molar-refractivity contribution < 1.29 is 9.72 Å². The van der Waals surface area contributed by atoms with Gasteiger partial charge in [-0.3, -0.25) is 19.8 Å². The maximum atomic E-state index is 12.2. The molecule has 3 fully saturated rings. The van der Waals surface area contributed by atoms with Gasteiger partial charge in [0.15, 0.2) is 0 Å². The van der Waals surface area contributed by atoms with Crippen LogP contribution in [0.2, 0.25) is 0 Å². The van der Waals surface area contributed by atoms with Gasteiger partial charge < -0.3 is 10.2 Å². The van der Waals surface area contributed by atoms with Crippen molar-refractivity contribution in [3.05, 3.63) is 33.9 Å². The summed E-state index contributed by atoms with van der Waals surface area (Å²) in [6.45, 7) is 3.49. The number of nitrogens with one attached hydrogen (secondary N) is 1. The van der Waals surface area contributed by atoms with Crippen LogP contribution in [-0.4, -0.2) is 54.0 Å². The molecule has 2 aliphatic carbocycles. The number of benzene rings is 1. The highest BCUT2D eigenvalue weighted by atomic mass is 16.6. The largest absolute Gasteiger partial charge is 0.363 e. The van der Waals surface area contributed by atoms with E-state index in [0.29, 0.717) is 17.3 Å². The number of carbonyl (C=O) groups excluding carboxylic acids is 1. The monoisotopic (exact) mass is 358 g/mol. The van der Waals surface area contributed by atoms with Gasteiger partial charge in [-0.2, -0.15) is 0 Å². The number of hydrogen-bond donors (Lipinski definition) is 1. The second kappa shape index (κ2) is 7.23. The number of carbonyl (C=O) groups is 1. The minimum absolute atomic E-state index is 0.0303. The highest BCUT2D eigenvalue weighted by molar-refractivity contribution is 5.96. The van der Waals surface area contributed by atoms with Gasteiger partial charge in [0.05, 0.1) is 4.92 Å². The Morgan fingerprint density at radius 3 is 2.38 bits per heavy atom. The highest BCUT2D eigenvalue weighted by Gasteiger charge is 2.30. The van der Waals surface area contributed by atoms with Gasteiger partial charge in [0.25, 0.3) is 11.6 Å². The van der Waals surface area contributed by atoms with E-state index in [-0.39, 0.29) is 22.6 Å². The Hall–Kier alpha value is -2.15. The summed E-state index contributed by atoms with van der Waals surface area (Å²) in [7, 11) is 0. The first-order valence-corrected chi connectivity index (χ1v) is 9.70. The van der Waals surface area contributed by atoms with E-state index < -0.39 is 0 Å². The quantitative estimate of drug-likeness (QED) is 0.646. The molecule has 7 nitrogen and oxygen atoms in total. The normalized spacial score (nSPS) is 21.8. The molecule has 0 atom stereocenters. The molecule has 0 unspecified atom stereocenters. The van der Waals surface area contributed by atoms with Crippen LogP contribution in [0.5, 0.6) is 0 Å². The van der Waals surface area contributed by atoms with E-state index in [1.54, 1.807) is 12.1 Å². The Kier molecular flexibility index (Phi) is 4.80. The van der Waals surface area contributed by atoms with Gasteiger partial charge in [0, 0.05) is 49.9 Å². The zero-order valence-electron chi connectivity index (χ0n) is 15.0. The third-order valence-corrected chi connectivity index (χ3v) is 5.84. The van der Waals surface area contributed by atoms with Crippen molar-refractivity contribution in [2.75, 3.05) is 31.1 Å². The molecule has 0 radical (unpaired) electrons. The second-order valence-corrected chi connectivity index (χ2v) is 7.67. The van der Waals surface area contributed by atoms with Crippen LogP contribution in [0.3, 0.4) is 0 Å². The first-order chi connectivity index (χ1) is 12.6. The van der Waals surface area contributed by atoms with Crippen molar-refractivity contribution in [3.8, 4) is 0 Å². The van der Waals surface area contributed by atoms with Crippen LogP contribution in [-0.2, 0) is 0 Å². The summed E-state index contributed by atoms with van der Waals surface area (Å²) in [5.41, 5.74) is 1.03. The molecule has 26 heavy (non-hydrogen) atoms. The van der Waals surface area contributed by atoms with Gasteiger partial charge in [0.1, 0.15) is 5.69 Å². The van der Waals surface area contributed by atoms with Crippen molar-refractivity contribution in [2.45, 2.75) is 50.6 Å². The standard InChI is InChI=1S/C19H26N4O3/c24-19(20-15-6-7-15)14-5-8-17(18(13-14)23(25)26)22-11-9-21(10-12-22)16-3-1-2-4-16/h5,8,13,15-16H,1-4,6-7,9-12H2,(H,20,24). The van der Waals surface area contributed by atoms with Gasteiger partial charge in [0.2, 0.25) is 0 Å². The van der Waals surface area contributed by atoms with Gasteiger partial charge in [-0.05, 0) is 37.8 Å². The third-order valence-electron chi connectivity index (χ3n) is 5.84. The number of anilines is 1. The lowest BCUT2D eigenvalue weighted by Crippen LogP contribution is -2.49. The molecule has 0 spiro atoms. The van der Waals surface area contributed by atoms with Crippen LogP contribution in [0.4, 0.5) is 11.4 Å². The molecule has 1 N–H and O–H groups in total. The molecule has 0 aromatic heterocycles. The molecular formula is C19H26N4O3. The van der Waals surface area contributed by atoms with Crippen molar-refractivity contribution in [3.63, 3.8) is 0 Å². The van der Waals surface area contributed by atoms with E-state index in [1.807, 2.05) is 0 Å². The zero-order chi connectivity index (χ0) is 18.1. The Bertz CT molecular complexity index is 690. The first kappa shape index (κ1) is 17.3. The number of amides is 1. The van der Waals surface area contributed by atoms with E-state index in [2.05, 4.69) is 15.1 Å².